The zero-order valence-corrected chi connectivity index (χ0v) is 14.1. The van der Waals surface area contributed by atoms with Crippen LogP contribution in [0.25, 0.3) is 0 Å². The van der Waals surface area contributed by atoms with E-state index in [0.29, 0.717) is 6.04 Å². The van der Waals surface area contributed by atoms with Gasteiger partial charge in [-0.25, -0.2) is 0 Å². The molecule has 0 radical (unpaired) electrons. The molecule has 1 atom stereocenters. The van der Waals surface area contributed by atoms with Crippen LogP contribution in [0.2, 0.25) is 0 Å². The van der Waals surface area contributed by atoms with Crippen LogP contribution in [0.4, 0.5) is 0 Å². The van der Waals surface area contributed by atoms with Gasteiger partial charge in [-0.05, 0) is 33.2 Å². The molecule has 0 saturated carbocycles. The molecule has 0 aromatic carbocycles. The monoisotopic (exact) mass is 295 g/mol. The number of aliphatic imine (C=N–C) groups is 1. The maximum atomic E-state index is 4.89. The quantitative estimate of drug-likeness (QED) is 0.608. The Hall–Kier alpha value is -0.810. The summed E-state index contributed by atoms with van der Waals surface area (Å²) in [7, 11) is 0. The standard InChI is InChI=1S/C16H33N5/c1-4-17-16(21-8-6-7-9-21)18-14-15(3)20-12-10-19(5-2)11-13-20/h15H,4-14H2,1-3H3,(H,17,18). The second-order valence-electron chi connectivity index (χ2n) is 6.21. The van der Waals surface area contributed by atoms with E-state index in [-0.39, 0.29) is 0 Å². The van der Waals surface area contributed by atoms with Crippen molar-refractivity contribution in [2.75, 3.05) is 58.9 Å². The highest BCUT2D eigenvalue weighted by molar-refractivity contribution is 5.80. The third kappa shape index (κ3) is 4.85. The zero-order chi connectivity index (χ0) is 15.1. The van der Waals surface area contributed by atoms with Gasteiger partial charge in [-0.1, -0.05) is 6.92 Å². The van der Waals surface area contributed by atoms with Crippen LogP contribution >= 0.6 is 0 Å². The van der Waals surface area contributed by atoms with Crippen LogP contribution in [-0.4, -0.2) is 85.6 Å². The van der Waals surface area contributed by atoms with E-state index in [9.17, 15) is 0 Å². The predicted octanol–water partition coefficient (Wildman–Crippen LogP) is 1.07. The maximum absolute atomic E-state index is 4.89. The molecule has 1 N–H and O–H groups in total. The Balaban J connectivity index is 1.82. The first-order valence-corrected chi connectivity index (χ1v) is 8.74. The molecule has 0 aromatic heterocycles. The molecule has 0 spiro atoms. The van der Waals surface area contributed by atoms with E-state index in [4.69, 9.17) is 4.99 Å². The molecule has 122 valence electrons. The van der Waals surface area contributed by atoms with Crippen molar-refractivity contribution >= 4 is 5.96 Å². The Labute approximate surface area is 130 Å². The third-order valence-corrected chi connectivity index (χ3v) is 4.72. The largest absolute Gasteiger partial charge is 0.357 e. The fourth-order valence-electron chi connectivity index (χ4n) is 3.21. The minimum absolute atomic E-state index is 0.542. The Bertz CT molecular complexity index is 317. The molecule has 1 unspecified atom stereocenters. The lowest BCUT2D eigenvalue weighted by Crippen LogP contribution is -2.50. The van der Waals surface area contributed by atoms with E-state index < -0.39 is 0 Å². The number of hydrogen-bond acceptors (Lipinski definition) is 3. The lowest BCUT2D eigenvalue weighted by molar-refractivity contribution is 0.109. The van der Waals surface area contributed by atoms with Crippen molar-refractivity contribution in [3.8, 4) is 0 Å². The molecule has 2 fully saturated rings. The number of nitrogens with zero attached hydrogens (tertiary/aromatic N) is 4. The molecular weight excluding hydrogens is 262 g/mol. The van der Waals surface area contributed by atoms with Gasteiger partial charge in [-0.2, -0.15) is 0 Å². The normalized spacial score (nSPS) is 23.6. The minimum Gasteiger partial charge on any atom is -0.357 e. The van der Waals surface area contributed by atoms with Crippen LogP contribution in [0, 0.1) is 0 Å². The van der Waals surface area contributed by atoms with Crippen molar-refractivity contribution in [3.63, 3.8) is 0 Å². The second-order valence-corrected chi connectivity index (χ2v) is 6.21. The van der Waals surface area contributed by atoms with Crippen LogP contribution in [0.3, 0.4) is 0 Å². The summed E-state index contributed by atoms with van der Waals surface area (Å²) in [4.78, 5) is 12.4. The molecule has 2 saturated heterocycles. The highest BCUT2D eigenvalue weighted by atomic mass is 15.3. The lowest BCUT2D eigenvalue weighted by atomic mass is 10.2. The second kappa shape index (κ2) is 8.59. The van der Waals surface area contributed by atoms with Gasteiger partial charge in [0.05, 0.1) is 6.54 Å². The summed E-state index contributed by atoms with van der Waals surface area (Å²) in [6, 6.07) is 0.542. The van der Waals surface area contributed by atoms with Crippen LogP contribution in [-0.2, 0) is 0 Å². The SMILES string of the molecule is CCNC(=NCC(C)N1CCN(CC)CC1)N1CCCC1. The van der Waals surface area contributed by atoms with Gasteiger partial charge in [0.2, 0.25) is 0 Å². The van der Waals surface area contributed by atoms with E-state index in [1.807, 2.05) is 0 Å². The van der Waals surface area contributed by atoms with Crippen LogP contribution in [0.5, 0.6) is 0 Å². The molecule has 0 amide bonds. The topological polar surface area (TPSA) is 34.1 Å². The van der Waals surface area contributed by atoms with E-state index in [2.05, 4.69) is 40.8 Å². The summed E-state index contributed by atoms with van der Waals surface area (Å²) in [5, 5.41) is 3.45. The summed E-state index contributed by atoms with van der Waals surface area (Å²) >= 11 is 0. The smallest absolute Gasteiger partial charge is 0.193 e. The van der Waals surface area contributed by atoms with E-state index in [0.717, 1.165) is 32.1 Å². The van der Waals surface area contributed by atoms with Crippen molar-refractivity contribution < 1.29 is 0 Å². The van der Waals surface area contributed by atoms with Crippen LogP contribution in [0.15, 0.2) is 4.99 Å². The molecule has 0 bridgehead atoms. The fourth-order valence-corrected chi connectivity index (χ4v) is 3.21. The molecule has 21 heavy (non-hydrogen) atoms. The zero-order valence-electron chi connectivity index (χ0n) is 14.1. The first-order valence-electron chi connectivity index (χ1n) is 8.74. The highest BCUT2D eigenvalue weighted by Gasteiger charge is 2.21. The number of piperazine rings is 1. The van der Waals surface area contributed by atoms with Gasteiger partial charge in [-0.15, -0.1) is 0 Å². The predicted molar refractivity (Wildman–Crippen MR) is 89.9 cm³/mol. The molecule has 0 aliphatic carbocycles. The van der Waals surface area contributed by atoms with Gasteiger partial charge >= 0.3 is 0 Å². The lowest BCUT2D eigenvalue weighted by Gasteiger charge is -2.37. The molecule has 2 heterocycles. The van der Waals surface area contributed by atoms with Gasteiger partial charge < -0.3 is 15.1 Å². The molecule has 5 heteroatoms. The number of hydrogen-bond donors (Lipinski definition) is 1. The van der Waals surface area contributed by atoms with Crippen molar-refractivity contribution in [2.45, 2.75) is 39.7 Å². The Morgan fingerprint density at radius 3 is 2.29 bits per heavy atom. The molecule has 0 aromatic rings. The van der Waals surface area contributed by atoms with Crippen molar-refractivity contribution in [2.24, 2.45) is 4.99 Å². The van der Waals surface area contributed by atoms with Gasteiger partial charge in [-0.3, -0.25) is 9.89 Å². The molecule has 2 aliphatic rings. The molecule has 2 rings (SSSR count). The van der Waals surface area contributed by atoms with E-state index >= 15 is 0 Å². The fraction of sp³-hybridized carbons (Fsp3) is 0.938. The average Bonchev–Trinajstić information content (AvgIpc) is 3.05. The molecule has 2 aliphatic heterocycles. The number of likely N-dealkylation sites (tertiary alicyclic amines) is 1. The van der Waals surface area contributed by atoms with Crippen LogP contribution < -0.4 is 5.32 Å². The van der Waals surface area contributed by atoms with Gasteiger partial charge in [0, 0.05) is 51.9 Å². The minimum atomic E-state index is 0.542. The first-order chi connectivity index (χ1) is 10.2. The van der Waals surface area contributed by atoms with Crippen molar-refractivity contribution in [3.05, 3.63) is 0 Å². The van der Waals surface area contributed by atoms with Crippen molar-refractivity contribution in [1.82, 2.24) is 20.0 Å². The van der Waals surface area contributed by atoms with E-state index in [1.54, 1.807) is 0 Å². The van der Waals surface area contributed by atoms with Gasteiger partial charge in [0.25, 0.3) is 0 Å². The van der Waals surface area contributed by atoms with Crippen molar-refractivity contribution in [1.29, 1.82) is 0 Å². The summed E-state index contributed by atoms with van der Waals surface area (Å²) in [6.07, 6.45) is 2.61. The molecular formula is C16H33N5. The van der Waals surface area contributed by atoms with Gasteiger partial charge in [0.1, 0.15) is 0 Å². The number of nitrogens with one attached hydrogen (secondary N) is 1. The maximum Gasteiger partial charge on any atom is 0.193 e. The Kier molecular flexibility index (Phi) is 6.77. The van der Waals surface area contributed by atoms with E-state index in [1.165, 1.54) is 45.6 Å². The van der Waals surface area contributed by atoms with Crippen LogP contribution in [0.1, 0.15) is 33.6 Å². The summed E-state index contributed by atoms with van der Waals surface area (Å²) in [5.41, 5.74) is 0. The Morgan fingerprint density at radius 1 is 1.05 bits per heavy atom. The average molecular weight is 295 g/mol. The van der Waals surface area contributed by atoms with Gasteiger partial charge in [0.15, 0.2) is 5.96 Å². The summed E-state index contributed by atoms with van der Waals surface area (Å²) in [6.45, 7) is 16.9. The highest BCUT2D eigenvalue weighted by Crippen LogP contribution is 2.09. The summed E-state index contributed by atoms with van der Waals surface area (Å²) in [5.74, 6) is 1.12. The number of likely N-dealkylation sites (N-methyl/N-ethyl adjacent to an activating group) is 1. The number of rotatable bonds is 5. The Morgan fingerprint density at radius 2 is 1.71 bits per heavy atom. The third-order valence-electron chi connectivity index (χ3n) is 4.72. The summed E-state index contributed by atoms with van der Waals surface area (Å²) < 4.78 is 0. The first kappa shape index (κ1) is 16.6. The molecule has 5 nitrogen and oxygen atoms in total. The number of guanidine groups is 1.